The predicted molar refractivity (Wildman–Crippen MR) is 85.3 cm³/mol. The number of carboxylic acids is 1. The van der Waals surface area contributed by atoms with Crippen LogP contribution in [0.3, 0.4) is 0 Å². The molecule has 2 heterocycles. The second-order valence-corrected chi connectivity index (χ2v) is 7.21. The summed E-state index contributed by atoms with van der Waals surface area (Å²) in [5.41, 5.74) is 6.68. The Labute approximate surface area is 137 Å². The van der Waals surface area contributed by atoms with Gasteiger partial charge in [0.25, 0.3) is 0 Å². The molecule has 12 heteroatoms. The fourth-order valence-electron chi connectivity index (χ4n) is 2.32. The average molecular weight is 358 g/mol. The van der Waals surface area contributed by atoms with Crippen LogP contribution < -0.4 is 5.73 Å². The number of hydrogen-bond donors (Lipinski definition) is 4. The number of anilines is 1. The number of aromatic nitrogens is 4. The molecule has 0 fully saturated rings. The maximum absolute atomic E-state index is 11.0. The number of hydrogen-bond acceptors (Lipinski definition) is 7. The molecular formula is C12H19N6O5P. The van der Waals surface area contributed by atoms with E-state index in [1.807, 2.05) is 0 Å². The number of rotatable bonds is 8. The second kappa shape index (κ2) is 7.22. The van der Waals surface area contributed by atoms with E-state index < -0.39 is 19.7 Å². The molecule has 2 rings (SSSR count). The van der Waals surface area contributed by atoms with Gasteiger partial charge in [0, 0.05) is 19.1 Å². The minimum absolute atomic E-state index is 0.0402. The molecule has 2 aromatic heterocycles. The van der Waals surface area contributed by atoms with Crippen LogP contribution in [-0.2, 0) is 15.9 Å². The van der Waals surface area contributed by atoms with E-state index in [1.165, 1.54) is 17.6 Å². The van der Waals surface area contributed by atoms with Crippen LogP contribution in [0.2, 0.25) is 0 Å². The first-order chi connectivity index (χ1) is 11.2. The number of carbonyl (C=O) groups is 1. The van der Waals surface area contributed by atoms with Gasteiger partial charge in [-0.15, -0.1) is 0 Å². The van der Waals surface area contributed by atoms with Crippen molar-refractivity contribution in [2.75, 3.05) is 25.0 Å². The van der Waals surface area contributed by atoms with Crippen molar-refractivity contribution in [2.24, 2.45) is 0 Å². The van der Waals surface area contributed by atoms with Gasteiger partial charge in [0.15, 0.2) is 11.5 Å². The molecule has 0 bridgehead atoms. The lowest BCUT2D eigenvalue weighted by Crippen LogP contribution is -2.41. The van der Waals surface area contributed by atoms with E-state index in [0.717, 1.165) is 0 Å². The Kier molecular flexibility index (Phi) is 5.50. The van der Waals surface area contributed by atoms with Crippen molar-refractivity contribution in [1.82, 2.24) is 24.4 Å². The van der Waals surface area contributed by atoms with E-state index >= 15 is 0 Å². The molecule has 0 amide bonds. The van der Waals surface area contributed by atoms with Crippen LogP contribution in [0.4, 0.5) is 5.82 Å². The molecule has 0 unspecified atom stereocenters. The Morgan fingerprint density at radius 3 is 2.75 bits per heavy atom. The van der Waals surface area contributed by atoms with Crippen LogP contribution in [0, 0.1) is 0 Å². The second-order valence-electron chi connectivity index (χ2n) is 5.43. The van der Waals surface area contributed by atoms with Crippen LogP contribution in [0.15, 0.2) is 12.7 Å². The summed E-state index contributed by atoms with van der Waals surface area (Å²) in [6.45, 7) is 1.73. The Morgan fingerprint density at radius 2 is 2.12 bits per heavy atom. The molecule has 0 aliphatic carbocycles. The third-order valence-electron chi connectivity index (χ3n) is 3.53. The van der Waals surface area contributed by atoms with Gasteiger partial charge in [-0.1, -0.05) is 0 Å². The zero-order valence-corrected chi connectivity index (χ0v) is 13.9. The Hall–Kier alpha value is -2.07. The highest BCUT2D eigenvalue weighted by Gasteiger charge is 2.22. The molecule has 0 saturated heterocycles. The first kappa shape index (κ1) is 18.3. The van der Waals surface area contributed by atoms with Crippen molar-refractivity contribution >= 4 is 30.5 Å². The Morgan fingerprint density at radius 1 is 1.42 bits per heavy atom. The number of carboxylic acid groups (broad SMARTS) is 1. The van der Waals surface area contributed by atoms with Crippen LogP contribution in [0.5, 0.6) is 0 Å². The van der Waals surface area contributed by atoms with Crippen LogP contribution in [0.1, 0.15) is 6.92 Å². The highest BCUT2D eigenvalue weighted by molar-refractivity contribution is 7.51. The van der Waals surface area contributed by atoms with Gasteiger partial charge in [-0.2, -0.15) is 0 Å². The quantitative estimate of drug-likeness (QED) is 0.445. The number of imidazole rings is 1. The zero-order valence-electron chi connectivity index (χ0n) is 13.0. The van der Waals surface area contributed by atoms with Crippen LogP contribution in [-0.4, -0.2) is 70.6 Å². The molecule has 0 spiro atoms. The van der Waals surface area contributed by atoms with Gasteiger partial charge in [0.05, 0.1) is 19.0 Å². The summed E-state index contributed by atoms with van der Waals surface area (Å²) in [4.78, 5) is 42.6. The summed E-state index contributed by atoms with van der Waals surface area (Å²) < 4.78 is 12.7. The highest BCUT2D eigenvalue weighted by Crippen LogP contribution is 2.33. The topological polar surface area (TPSA) is 168 Å². The fraction of sp³-hybridized carbons (Fsp3) is 0.500. The summed E-state index contributed by atoms with van der Waals surface area (Å²) in [5.74, 6) is -0.829. The monoisotopic (exact) mass is 358 g/mol. The van der Waals surface area contributed by atoms with E-state index in [2.05, 4.69) is 15.0 Å². The van der Waals surface area contributed by atoms with Gasteiger partial charge in [0.1, 0.15) is 11.8 Å². The molecule has 132 valence electrons. The summed E-state index contributed by atoms with van der Waals surface area (Å²) >= 11 is 0. The lowest BCUT2D eigenvalue weighted by molar-refractivity contribution is -0.138. The first-order valence-corrected chi connectivity index (χ1v) is 8.89. The van der Waals surface area contributed by atoms with E-state index in [-0.39, 0.29) is 24.9 Å². The SMILES string of the molecule is C[C@H](Cn1cnc2c(N)ncnc21)N(CCP(=O)(O)O)CC(=O)O. The maximum Gasteiger partial charge on any atom is 0.326 e. The molecule has 0 aliphatic heterocycles. The van der Waals surface area contributed by atoms with Crippen molar-refractivity contribution in [2.45, 2.75) is 19.5 Å². The van der Waals surface area contributed by atoms with Gasteiger partial charge in [0.2, 0.25) is 0 Å². The minimum Gasteiger partial charge on any atom is -0.480 e. The van der Waals surface area contributed by atoms with E-state index in [0.29, 0.717) is 17.7 Å². The standard InChI is InChI=1S/C12H19N6O5P/c1-8(17(5-9(19)20)2-3-24(21,22)23)4-18-7-16-10-11(13)14-6-15-12(10)18/h6-8H,2-5H2,1H3,(H,19,20)(H2,13,14,15)(H2,21,22,23)/t8-/m1/s1. The first-order valence-electron chi connectivity index (χ1n) is 7.09. The van der Waals surface area contributed by atoms with Gasteiger partial charge >= 0.3 is 13.6 Å². The number of nitrogens with zero attached hydrogens (tertiary/aromatic N) is 5. The van der Waals surface area contributed by atoms with E-state index in [4.69, 9.17) is 20.6 Å². The summed E-state index contributed by atoms with van der Waals surface area (Å²) in [5, 5.41) is 9.00. The van der Waals surface area contributed by atoms with Crippen molar-refractivity contribution in [1.29, 1.82) is 0 Å². The smallest absolute Gasteiger partial charge is 0.326 e. The molecule has 0 aliphatic rings. The van der Waals surface area contributed by atoms with Gasteiger partial charge < -0.3 is 25.2 Å². The van der Waals surface area contributed by atoms with Gasteiger partial charge in [-0.05, 0) is 6.92 Å². The number of nitrogens with two attached hydrogens (primary N) is 1. The maximum atomic E-state index is 11.0. The van der Waals surface area contributed by atoms with E-state index in [9.17, 15) is 9.36 Å². The summed E-state index contributed by atoms with van der Waals surface area (Å²) in [6, 6.07) is -0.318. The third-order valence-corrected chi connectivity index (χ3v) is 4.31. The normalized spacial score (nSPS) is 13.5. The molecule has 24 heavy (non-hydrogen) atoms. The molecule has 0 aromatic carbocycles. The molecule has 5 N–H and O–H groups in total. The predicted octanol–water partition coefficient (Wildman–Crippen LogP) is -0.639. The Balaban J connectivity index is 2.16. The lowest BCUT2D eigenvalue weighted by atomic mass is 10.2. The number of nitrogen functional groups attached to an aromatic ring is 1. The van der Waals surface area contributed by atoms with E-state index in [1.54, 1.807) is 11.5 Å². The minimum atomic E-state index is -4.21. The molecule has 1 atom stereocenters. The molecule has 0 radical (unpaired) electrons. The summed E-state index contributed by atoms with van der Waals surface area (Å²) in [7, 11) is -4.21. The summed E-state index contributed by atoms with van der Waals surface area (Å²) in [6.07, 6.45) is 2.42. The third kappa shape index (κ3) is 4.71. The van der Waals surface area contributed by atoms with Crippen molar-refractivity contribution < 1.29 is 24.3 Å². The molecule has 11 nitrogen and oxygen atoms in total. The number of aliphatic carboxylic acids is 1. The lowest BCUT2D eigenvalue weighted by Gasteiger charge is -2.27. The van der Waals surface area contributed by atoms with Gasteiger partial charge in [-0.3, -0.25) is 14.3 Å². The Bertz CT molecular complexity index is 774. The molecular weight excluding hydrogens is 339 g/mol. The zero-order chi connectivity index (χ0) is 17.9. The van der Waals surface area contributed by atoms with Gasteiger partial charge in [-0.25, -0.2) is 15.0 Å². The largest absolute Gasteiger partial charge is 0.480 e. The highest BCUT2D eigenvalue weighted by atomic mass is 31.2. The number of fused-ring (bicyclic) bond motifs is 1. The van der Waals surface area contributed by atoms with Crippen molar-refractivity contribution in [3.63, 3.8) is 0 Å². The average Bonchev–Trinajstić information content (AvgIpc) is 2.87. The van der Waals surface area contributed by atoms with Crippen molar-refractivity contribution in [3.05, 3.63) is 12.7 Å². The van der Waals surface area contributed by atoms with Crippen LogP contribution >= 0.6 is 7.60 Å². The molecule has 0 saturated carbocycles. The van der Waals surface area contributed by atoms with Crippen LogP contribution in [0.25, 0.3) is 11.2 Å². The fourth-order valence-corrected chi connectivity index (χ4v) is 2.84. The molecule has 2 aromatic rings. The van der Waals surface area contributed by atoms with Crippen molar-refractivity contribution in [3.8, 4) is 0 Å².